The van der Waals surface area contributed by atoms with E-state index in [1.807, 2.05) is 20.8 Å². The van der Waals surface area contributed by atoms with Gasteiger partial charge >= 0.3 is 6.09 Å². The van der Waals surface area contributed by atoms with Crippen molar-refractivity contribution in [1.29, 1.82) is 0 Å². The lowest BCUT2D eigenvalue weighted by atomic mass is 9.75. The Bertz CT molecular complexity index is 311. The van der Waals surface area contributed by atoms with E-state index in [9.17, 15) is 4.79 Å². The quantitative estimate of drug-likeness (QED) is 0.529. The smallest absolute Gasteiger partial charge is 0.410 e. The van der Waals surface area contributed by atoms with Crippen LogP contribution in [0.2, 0.25) is 0 Å². The van der Waals surface area contributed by atoms with Crippen LogP contribution in [0.3, 0.4) is 0 Å². The summed E-state index contributed by atoms with van der Waals surface area (Å²) in [6, 6.07) is 0. The van der Waals surface area contributed by atoms with Crippen molar-refractivity contribution in [2.75, 3.05) is 24.1 Å². The molecule has 2 heterocycles. The molecule has 1 amide bonds. The minimum absolute atomic E-state index is 0.191. The van der Waals surface area contributed by atoms with E-state index >= 15 is 0 Å². The molecule has 2 rings (SSSR count). The molecule has 18 heavy (non-hydrogen) atoms. The van der Waals surface area contributed by atoms with Crippen LogP contribution in [0.5, 0.6) is 0 Å². The van der Waals surface area contributed by atoms with Gasteiger partial charge in [-0.1, -0.05) is 22.6 Å². The Balaban J connectivity index is 1.78. The minimum Gasteiger partial charge on any atom is -0.444 e. The van der Waals surface area contributed by atoms with Gasteiger partial charge in [-0.2, -0.15) is 0 Å². The van der Waals surface area contributed by atoms with Gasteiger partial charge in [-0.15, -0.1) is 0 Å². The van der Waals surface area contributed by atoms with E-state index in [1.54, 1.807) is 4.90 Å². The lowest BCUT2D eigenvalue weighted by Crippen LogP contribution is -2.62. The Morgan fingerprint density at radius 2 is 2.17 bits per heavy atom. The number of likely N-dealkylation sites (tertiary alicyclic amines) is 1. The highest BCUT2D eigenvalue weighted by atomic mass is 127. The van der Waals surface area contributed by atoms with Crippen molar-refractivity contribution in [2.24, 2.45) is 5.41 Å². The zero-order valence-electron chi connectivity index (χ0n) is 11.4. The van der Waals surface area contributed by atoms with E-state index in [0.717, 1.165) is 30.5 Å². The van der Waals surface area contributed by atoms with Gasteiger partial charge < -0.3 is 14.4 Å². The molecule has 0 aromatic carbocycles. The van der Waals surface area contributed by atoms with Gasteiger partial charge in [-0.25, -0.2) is 4.79 Å². The number of ether oxygens (including phenoxy) is 2. The summed E-state index contributed by atoms with van der Waals surface area (Å²) in [5.74, 6) is 0. The average Bonchev–Trinajstić information content (AvgIpc) is 2.23. The van der Waals surface area contributed by atoms with E-state index < -0.39 is 5.60 Å². The molecule has 0 N–H and O–H groups in total. The molecular formula is C13H22INO3. The van der Waals surface area contributed by atoms with Gasteiger partial charge in [0.15, 0.2) is 0 Å². The number of rotatable bonds is 1. The van der Waals surface area contributed by atoms with Gasteiger partial charge in [0.05, 0.1) is 12.7 Å². The highest BCUT2D eigenvalue weighted by Gasteiger charge is 2.48. The number of carbonyl (C=O) groups excluding carboxylic acids is 1. The molecule has 1 unspecified atom stereocenters. The summed E-state index contributed by atoms with van der Waals surface area (Å²) in [5, 5.41) is 0. The molecular weight excluding hydrogens is 345 g/mol. The fourth-order valence-corrected chi connectivity index (χ4v) is 3.20. The van der Waals surface area contributed by atoms with Crippen LogP contribution >= 0.6 is 22.6 Å². The summed E-state index contributed by atoms with van der Waals surface area (Å²) >= 11 is 2.37. The number of hydrogen-bond donors (Lipinski definition) is 0. The van der Waals surface area contributed by atoms with E-state index in [-0.39, 0.29) is 11.5 Å². The molecule has 0 aliphatic carbocycles. The third kappa shape index (κ3) is 3.29. The summed E-state index contributed by atoms with van der Waals surface area (Å²) in [4.78, 5) is 13.6. The molecule has 1 atom stereocenters. The van der Waals surface area contributed by atoms with Crippen molar-refractivity contribution in [3.63, 3.8) is 0 Å². The van der Waals surface area contributed by atoms with Gasteiger partial charge in [-0.05, 0) is 33.6 Å². The van der Waals surface area contributed by atoms with Crippen molar-refractivity contribution in [1.82, 2.24) is 4.90 Å². The second-order valence-corrected chi connectivity index (χ2v) is 7.34. The molecule has 0 saturated carbocycles. The van der Waals surface area contributed by atoms with Crippen LogP contribution in [0.4, 0.5) is 4.79 Å². The maximum Gasteiger partial charge on any atom is 0.410 e. The van der Waals surface area contributed by atoms with Crippen LogP contribution < -0.4 is 0 Å². The fraction of sp³-hybridized carbons (Fsp3) is 0.923. The Labute approximate surface area is 123 Å². The first-order valence-corrected chi connectivity index (χ1v) is 8.02. The Hall–Kier alpha value is -0.0400. The van der Waals surface area contributed by atoms with Crippen LogP contribution in [-0.4, -0.2) is 46.8 Å². The van der Waals surface area contributed by atoms with E-state index in [0.29, 0.717) is 6.10 Å². The lowest BCUT2D eigenvalue weighted by molar-refractivity contribution is -0.121. The number of amides is 1. The summed E-state index contributed by atoms with van der Waals surface area (Å²) in [6.45, 7) is 8.06. The molecule has 0 bridgehead atoms. The Morgan fingerprint density at radius 3 is 2.61 bits per heavy atom. The maximum absolute atomic E-state index is 11.8. The normalized spacial score (nSPS) is 26.9. The first kappa shape index (κ1) is 14.4. The van der Waals surface area contributed by atoms with Gasteiger partial charge in [0.2, 0.25) is 0 Å². The third-order valence-corrected chi connectivity index (χ3v) is 4.48. The largest absolute Gasteiger partial charge is 0.444 e. The fourth-order valence-electron chi connectivity index (χ4n) is 2.51. The molecule has 2 fully saturated rings. The van der Waals surface area contributed by atoms with Gasteiger partial charge in [-0.3, -0.25) is 0 Å². The number of hydrogen-bond acceptors (Lipinski definition) is 3. The van der Waals surface area contributed by atoms with Crippen LogP contribution in [0, 0.1) is 5.41 Å². The number of carbonyl (C=O) groups is 1. The molecule has 4 nitrogen and oxygen atoms in total. The second kappa shape index (κ2) is 5.15. The zero-order valence-corrected chi connectivity index (χ0v) is 13.5. The molecule has 0 aromatic heterocycles. The monoisotopic (exact) mass is 367 g/mol. The molecule has 2 saturated heterocycles. The van der Waals surface area contributed by atoms with E-state index in [1.165, 1.54) is 6.42 Å². The van der Waals surface area contributed by atoms with Gasteiger partial charge in [0.1, 0.15) is 5.60 Å². The maximum atomic E-state index is 11.8. The first-order chi connectivity index (χ1) is 8.34. The van der Waals surface area contributed by atoms with Gasteiger partial charge in [0, 0.05) is 22.9 Å². The number of nitrogens with zero attached hydrogens (tertiary/aromatic N) is 1. The molecule has 104 valence electrons. The second-order valence-electron chi connectivity index (χ2n) is 6.46. The molecule has 2 aliphatic rings. The van der Waals surface area contributed by atoms with Crippen molar-refractivity contribution in [3.05, 3.63) is 0 Å². The van der Waals surface area contributed by atoms with Crippen molar-refractivity contribution in [2.45, 2.75) is 45.3 Å². The van der Waals surface area contributed by atoms with Crippen molar-refractivity contribution >= 4 is 28.7 Å². The van der Waals surface area contributed by atoms with Crippen LogP contribution in [-0.2, 0) is 9.47 Å². The highest BCUT2D eigenvalue weighted by Crippen LogP contribution is 2.40. The van der Waals surface area contributed by atoms with Crippen LogP contribution in [0.25, 0.3) is 0 Å². The molecule has 0 aromatic rings. The third-order valence-electron chi connectivity index (χ3n) is 3.50. The summed E-state index contributed by atoms with van der Waals surface area (Å²) in [6.07, 6.45) is 2.50. The summed E-state index contributed by atoms with van der Waals surface area (Å²) in [5.41, 5.74) is -0.200. The van der Waals surface area contributed by atoms with Gasteiger partial charge in [0.25, 0.3) is 0 Å². The average molecular weight is 367 g/mol. The predicted octanol–water partition coefficient (Wildman–Crippen LogP) is 2.84. The van der Waals surface area contributed by atoms with Crippen LogP contribution in [0.1, 0.15) is 33.6 Å². The summed E-state index contributed by atoms with van der Waals surface area (Å²) in [7, 11) is 0. The number of alkyl halides is 1. The van der Waals surface area contributed by atoms with E-state index in [4.69, 9.17) is 9.47 Å². The lowest BCUT2D eigenvalue weighted by Gasteiger charge is -2.52. The summed E-state index contributed by atoms with van der Waals surface area (Å²) < 4.78 is 12.2. The predicted molar refractivity (Wildman–Crippen MR) is 78.1 cm³/mol. The molecule has 5 heteroatoms. The molecule has 0 radical (unpaired) electrons. The standard InChI is InChI=1S/C13H22INO3/c1-12(2,3)18-11(16)15-7-13(8-15)5-4-10(6-14)17-9-13/h10H,4-9H2,1-3H3. The minimum atomic E-state index is -0.408. The first-order valence-electron chi connectivity index (χ1n) is 6.49. The van der Waals surface area contributed by atoms with Crippen molar-refractivity contribution in [3.8, 4) is 0 Å². The SMILES string of the molecule is CC(C)(C)OC(=O)N1CC2(CCC(CI)OC2)C1. The Kier molecular flexibility index (Phi) is 4.11. The molecule has 1 spiro atoms. The van der Waals surface area contributed by atoms with Crippen LogP contribution in [0.15, 0.2) is 0 Å². The molecule has 2 aliphatic heterocycles. The Morgan fingerprint density at radius 1 is 1.50 bits per heavy atom. The topological polar surface area (TPSA) is 38.8 Å². The number of halogens is 1. The van der Waals surface area contributed by atoms with Crippen molar-refractivity contribution < 1.29 is 14.3 Å². The van der Waals surface area contributed by atoms with E-state index in [2.05, 4.69) is 22.6 Å². The highest BCUT2D eigenvalue weighted by molar-refractivity contribution is 14.1. The zero-order chi connectivity index (χ0) is 13.4.